The highest BCUT2D eigenvalue weighted by Crippen LogP contribution is 2.22. The number of hydrogen-bond acceptors (Lipinski definition) is 7. The fourth-order valence-electron chi connectivity index (χ4n) is 2.74. The zero-order valence-electron chi connectivity index (χ0n) is 16.3. The van der Waals surface area contributed by atoms with Gasteiger partial charge in [-0.1, -0.05) is 12.5 Å². The number of imide groups is 1. The minimum Gasteiger partial charge on any atom is -0.482 e. The van der Waals surface area contributed by atoms with Crippen LogP contribution >= 0.6 is 0 Å². The van der Waals surface area contributed by atoms with E-state index in [1.54, 1.807) is 12.1 Å². The van der Waals surface area contributed by atoms with Gasteiger partial charge in [-0.3, -0.25) is 26.4 Å². The van der Waals surface area contributed by atoms with Gasteiger partial charge in [-0.05, 0) is 37.5 Å². The summed E-state index contributed by atoms with van der Waals surface area (Å²) in [7, 11) is 0. The molecule has 5 N–H and O–H groups in total. The van der Waals surface area contributed by atoms with E-state index in [9.17, 15) is 14.0 Å². The van der Waals surface area contributed by atoms with E-state index in [0.717, 1.165) is 24.8 Å². The molecule has 0 radical (unpaired) electrons. The van der Waals surface area contributed by atoms with Crippen LogP contribution in [0.25, 0.3) is 0 Å². The number of hydrazine groups is 1. The first-order chi connectivity index (χ1) is 13.9. The summed E-state index contributed by atoms with van der Waals surface area (Å²) >= 11 is 0. The molecule has 1 atom stereocenters. The SMILES string of the molecule is CC(NNCCCCCN1CC(=O)NC1=O)c1ccc(F)c(OCC(=N)N=N)c1. The van der Waals surface area contributed by atoms with E-state index < -0.39 is 5.82 Å². The standard InChI is InChI=1S/C18H26FN7O3/c1-12(13-5-6-14(19)15(9-13)29-11-16(20)24-21)25-22-7-3-2-4-8-26-10-17(27)23-18(26)28/h5-6,9,12,20-22,25H,2-4,7-8,10-11H2,1H3,(H,23,27,28). The van der Waals surface area contributed by atoms with Gasteiger partial charge < -0.3 is 9.64 Å². The third-order valence-electron chi connectivity index (χ3n) is 4.37. The Bertz CT molecular complexity index is 759. The van der Waals surface area contributed by atoms with Crippen LogP contribution in [0, 0.1) is 16.8 Å². The van der Waals surface area contributed by atoms with Crippen LogP contribution in [0.15, 0.2) is 23.3 Å². The summed E-state index contributed by atoms with van der Waals surface area (Å²) in [5, 5.41) is 12.4. The second-order valence-corrected chi connectivity index (χ2v) is 6.67. The first-order valence-corrected chi connectivity index (χ1v) is 9.35. The van der Waals surface area contributed by atoms with Gasteiger partial charge in [-0.15, -0.1) is 5.11 Å². The van der Waals surface area contributed by atoms with Gasteiger partial charge in [0.05, 0.1) is 0 Å². The van der Waals surface area contributed by atoms with E-state index in [2.05, 4.69) is 21.3 Å². The van der Waals surface area contributed by atoms with Gasteiger partial charge in [0.15, 0.2) is 17.4 Å². The average Bonchev–Trinajstić information content (AvgIpc) is 3.03. The molecule has 158 valence electrons. The molecule has 1 heterocycles. The number of halogens is 1. The van der Waals surface area contributed by atoms with Gasteiger partial charge in [0.1, 0.15) is 13.2 Å². The van der Waals surface area contributed by atoms with Crippen LogP contribution in [0.3, 0.4) is 0 Å². The third-order valence-corrected chi connectivity index (χ3v) is 4.37. The minimum atomic E-state index is -0.542. The summed E-state index contributed by atoms with van der Waals surface area (Å²) in [6.45, 7) is 3.05. The lowest BCUT2D eigenvalue weighted by molar-refractivity contribution is -0.118. The highest BCUT2D eigenvalue weighted by molar-refractivity contribution is 6.01. The van der Waals surface area contributed by atoms with Gasteiger partial charge in [0.2, 0.25) is 5.91 Å². The second kappa shape index (κ2) is 11.2. The summed E-state index contributed by atoms with van der Waals surface area (Å²) < 4.78 is 19.0. The number of rotatable bonds is 12. The molecule has 0 aromatic heterocycles. The first-order valence-electron chi connectivity index (χ1n) is 9.35. The van der Waals surface area contributed by atoms with E-state index in [0.29, 0.717) is 13.1 Å². The molecule has 1 aromatic rings. The van der Waals surface area contributed by atoms with Crippen LogP contribution < -0.4 is 20.9 Å². The highest BCUT2D eigenvalue weighted by Gasteiger charge is 2.25. The Kier molecular flexibility index (Phi) is 8.62. The Balaban J connectivity index is 1.65. The largest absolute Gasteiger partial charge is 0.482 e. The number of unbranched alkanes of at least 4 members (excludes halogenated alkanes) is 2. The molecule has 1 saturated heterocycles. The van der Waals surface area contributed by atoms with Crippen molar-refractivity contribution in [1.82, 2.24) is 21.1 Å². The molecular weight excluding hydrogens is 381 g/mol. The fraction of sp³-hybridized carbons (Fsp3) is 0.500. The molecule has 10 nitrogen and oxygen atoms in total. The van der Waals surface area contributed by atoms with Crippen molar-refractivity contribution in [3.63, 3.8) is 0 Å². The molecule has 0 spiro atoms. The number of carbonyl (C=O) groups is 2. The van der Waals surface area contributed by atoms with Crippen LogP contribution in [0.5, 0.6) is 5.75 Å². The predicted octanol–water partition coefficient (Wildman–Crippen LogP) is 2.09. The Hall–Kier alpha value is -2.92. The summed E-state index contributed by atoms with van der Waals surface area (Å²) in [5.41, 5.74) is 13.8. The number of carbonyl (C=O) groups excluding carboxylic acids is 2. The van der Waals surface area contributed by atoms with E-state index >= 15 is 0 Å². The maximum atomic E-state index is 13.8. The maximum absolute atomic E-state index is 13.8. The minimum absolute atomic E-state index is 0.00832. The highest BCUT2D eigenvalue weighted by atomic mass is 19.1. The van der Waals surface area contributed by atoms with E-state index in [1.165, 1.54) is 11.0 Å². The van der Waals surface area contributed by atoms with Crippen molar-refractivity contribution in [2.75, 3.05) is 26.2 Å². The summed E-state index contributed by atoms with van der Waals surface area (Å²) in [5.74, 6) is -1.08. The molecule has 11 heteroatoms. The zero-order valence-corrected chi connectivity index (χ0v) is 16.3. The number of ether oxygens (including phenoxy) is 1. The van der Waals surface area contributed by atoms with Crippen molar-refractivity contribution in [1.29, 1.82) is 10.9 Å². The van der Waals surface area contributed by atoms with Crippen LogP contribution in [0.2, 0.25) is 0 Å². The lowest BCUT2D eigenvalue weighted by atomic mass is 10.1. The molecule has 1 unspecified atom stereocenters. The van der Waals surface area contributed by atoms with Gasteiger partial charge in [0, 0.05) is 19.1 Å². The smallest absolute Gasteiger partial charge is 0.324 e. The lowest BCUT2D eigenvalue weighted by Crippen LogP contribution is -2.35. The number of benzene rings is 1. The van der Waals surface area contributed by atoms with E-state index in [1.807, 2.05) is 6.92 Å². The van der Waals surface area contributed by atoms with E-state index in [4.69, 9.17) is 15.7 Å². The van der Waals surface area contributed by atoms with Crippen molar-refractivity contribution in [2.45, 2.75) is 32.2 Å². The summed E-state index contributed by atoms with van der Waals surface area (Å²) in [4.78, 5) is 24.0. The summed E-state index contributed by atoms with van der Waals surface area (Å²) in [6, 6.07) is 4.05. The predicted molar refractivity (Wildman–Crippen MR) is 103 cm³/mol. The number of urea groups is 1. The zero-order chi connectivity index (χ0) is 21.2. The number of amidine groups is 1. The molecule has 2 rings (SSSR count). The summed E-state index contributed by atoms with van der Waals surface area (Å²) in [6.07, 6.45) is 2.61. The van der Waals surface area contributed by atoms with Crippen molar-refractivity contribution >= 4 is 17.8 Å². The normalized spacial score (nSPS) is 14.6. The Morgan fingerprint density at radius 3 is 2.86 bits per heavy atom. The van der Waals surface area contributed by atoms with Crippen molar-refractivity contribution in [3.05, 3.63) is 29.6 Å². The second-order valence-electron chi connectivity index (χ2n) is 6.67. The molecule has 0 bridgehead atoms. The van der Waals surface area contributed by atoms with Gasteiger partial charge in [0.25, 0.3) is 0 Å². The van der Waals surface area contributed by atoms with Gasteiger partial charge >= 0.3 is 6.03 Å². The Morgan fingerprint density at radius 2 is 2.17 bits per heavy atom. The molecule has 29 heavy (non-hydrogen) atoms. The molecule has 1 aliphatic heterocycles. The third kappa shape index (κ3) is 7.20. The first kappa shape index (κ1) is 22.4. The maximum Gasteiger partial charge on any atom is 0.324 e. The molecule has 0 saturated carbocycles. The van der Waals surface area contributed by atoms with Crippen LogP contribution in [0.4, 0.5) is 9.18 Å². The molecular formula is C18H26FN7O3. The number of hydrogen-bond donors (Lipinski definition) is 5. The number of nitrogens with one attached hydrogen (secondary N) is 5. The monoisotopic (exact) mass is 407 g/mol. The molecule has 0 aliphatic carbocycles. The van der Waals surface area contributed by atoms with Crippen LogP contribution in [0.1, 0.15) is 37.8 Å². The lowest BCUT2D eigenvalue weighted by Gasteiger charge is -2.17. The molecule has 1 aromatic carbocycles. The Morgan fingerprint density at radius 1 is 1.38 bits per heavy atom. The van der Waals surface area contributed by atoms with Crippen molar-refractivity contribution in [2.24, 2.45) is 5.11 Å². The average molecular weight is 407 g/mol. The van der Waals surface area contributed by atoms with Crippen molar-refractivity contribution < 1.29 is 18.7 Å². The van der Waals surface area contributed by atoms with Gasteiger partial charge in [-0.25, -0.2) is 14.7 Å². The Labute approximate surface area is 168 Å². The van der Waals surface area contributed by atoms with Crippen molar-refractivity contribution in [3.8, 4) is 5.75 Å². The fourth-order valence-corrected chi connectivity index (χ4v) is 2.74. The molecule has 1 aliphatic rings. The number of amides is 3. The quantitative estimate of drug-likeness (QED) is 0.0900. The molecule has 1 fully saturated rings. The number of nitrogens with zero attached hydrogens (tertiary/aromatic N) is 2. The van der Waals surface area contributed by atoms with Crippen LogP contribution in [-0.4, -0.2) is 48.9 Å². The van der Waals surface area contributed by atoms with Gasteiger partial charge in [-0.2, -0.15) is 0 Å². The van der Waals surface area contributed by atoms with Crippen LogP contribution in [-0.2, 0) is 4.79 Å². The molecule has 3 amide bonds. The van der Waals surface area contributed by atoms with E-state index in [-0.39, 0.29) is 42.7 Å². The topological polar surface area (TPSA) is 143 Å².